The molecule has 1 aliphatic rings. The fourth-order valence-electron chi connectivity index (χ4n) is 2.11. The van der Waals surface area contributed by atoms with Crippen LogP contribution in [-0.2, 0) is 11.3 Å². The highest BCUT2D eigenvalue weighted by atomic mass is 35.5. The highest BCUT2D eigenvalue weighted by Gasteiger charge is 2.14. The first kappa shape index (κ1) is 13.7. The zero-order valence-electron chi connectivity index (χ0n) is 10.7. The summed E-state index contributed by atoms with van der Waals surface area (Å²) in [7, 11) is 0. The van der Waals surface area contributed by atoms with Gasteiger partial charge in [0.15, 0.2) is 0 Å². The Morgan fingerprint density at radius 1 is 1.50 bits per heavy atom. The molecule has 1 aromatic rings. The molecule has 2 rings (SSSR count). The third kappa shape index (κ3) is 3.87. The van der Waals surface area contributed by atoms with Gasteiger partial charge in [0.05, 0.1) is 17.7 Å². The summed E-state index contributed by atoms with van der Waals surface area (Å²) in [5.74, 6) is 0.752. The molecular weight excluding hydrogens is 250 g/mol. The molecule has 1 fully saturated rings. The van der Waals surface area contributed by atoms with Crippen LogP contribution < -0.4 is 10.1 Å². The summed E-state index contributed by atoms with van der Waals surface area (Å²) in [6, 6.07) is 5.92. The van der Waals surface area contributed by atoms with Crippen molar-refractivity contribution in [1.82, 2.24) is 5.32 Å². The number of halogens is 1. The number of nitrogens with one attached hydrogen (secondary N) is 1. The van der Waals surface area contributed by atoms with E-state index < -0.39 is 0 Å². The van der Waals surface area contributed by atoms with Crippen molar-refractivity contribution in [2.24, 2.45) is 0 Å². The largest absolute Gasteiger partial charge is 0.492 e. The van der Waals surface area contributed by atoms with Gasteiger partial charge in [0.1, 0.15) is 5.75 Å². The van der Waals surface area contributed by atoms with Gasteiger partial charge in [0.25, 0.3) is 0 Å². The van der Waals surface area contributed by atoms with Crippen molar-refractivity contribution in [1.29, 1.82) is 0 Å². The standard InChI is InChI=1S/C14H20ClNO2/c1-2-17-14-6-5-11(8-13(14)15)9-16-10-12-4-3-7-18-12/h5-6,8,12,16H,2-4,7,9-10H2,1H3. The smallest absolute Gasteiger partial charge is 0.137 e. The number of hydrogen-bond donors (Lipinski definition) is 1. The summed E-state index contributed by atoms with van der Waals surface area (Å²) in [6.07, 6.45) is 2.72. The van der Waals surface area contributed by atoms with Crippen LogP contribution in [0.4, 0.5) is 0 Å². The minimum atomic E-state index is 0.378. The Hall–Kier alpha value is -0.770. The second-order valence-corrected chi connectivity index (χ2v) is 4.87. The first-order valence-electron chi connectivity index (χ1n) is 6.53. The van der Waals surface area contributed by atoms with E-state index >= 15 is 0 Å². The number of rotatable bonds is 6. The number of benzene rings is 1. The molecule has 1 heterocycles. The van der Waals surface area contributed by atoms with E-state index in [1.54, 1.807) is 0 Å². The van der Waals surface area contributed by atoms with E-state index in [4.69, 9.17) is 21.1 Å². The van der Waals surface area contributed by atoms with E-state index in [9.17, 15) is 0 Å². The maximum Gasteiger partial charge on any atom is 0.137 e. The quantitative estimate of drug-likeness (QED) is 0.861. The first-order chi connectivity index (χ1) is 8.79. The maximum absolute atomic E-state index is 6.14. The van der Waals surface area contributed by atoms with Crippen molar-refractivity contribution in [2.75, 3.05) is 19.8 Å². The molecule has 0 amide bonds. The summed E-state index contributed by atoms with van der Waals surface area (Å²) < 4.78 is 11.0. The van der Waals surface area contributed by atoms with Crippen LogP contribution in [0.2, 0.25) is 5.02 Å². The maximum atomic E-state index is 6.14. The van der Waals surface area contributed by atoms with Crippen molar-refractivity contribution < 1.29 is 9.47 Å². The summed E-state index contributed by atoms with van der Waals surface area (Å²) in [5.41, 5.74) is 1.17. The molecular formula is C14H20ClNO2. The van der Waals surface area contributed by atoms with Crippen LogP contribution in [0.15, 0.2) is 18.2 Å². The van der Waals surface area contributed by atoms with E-state index in [1.165, 1.54) is 12.0 Å². The second kappa shape index (κ2) is 6.98. The minimum Gasteiger partial charge on any atom is -0.492 e. The van der Waals surface area contributed by atoms with Gasteiger partial charge >= 0.3 is 0 Å². The fraction of sp³-hybridized carbons (Fsp3) is 0.571. The molecule has 0 bridgehead atoms. The minimum absolute atomic E-state index is 0.378. The summed E-state index contributed by atoms with van der Waals surface area (Å²) in [6.45, 7) is 5.21. The number of hydrogen-bond acceptors (Lipinski definition) is 3. The van der Waals surface area contributed by atoms with Gasteiger partial charge in [-0.05, 0) is 37.5 Å². The number of ether oxygens (including phenoxy) is 2. The molecule has 0 aromatic heterocycles. The van der Waals surface area contributed by atoms with Crippen molar-refractivity contribution in [3.8, 4) is 5.75 Å². The Kier molecular flexibility index (Phi) is 5.29. The third-order valence-electron chi connectivity index (χ3n) is 3.02. The van der Waals surface area contributed by atoms with Gasteiger partial charge in [-0.2, -0.15) is 0 Å². The van der Waals surface area contributed by atoms with Crippen LogP contribution in [0, 0.1) is 0 Å². The molecule has 100 valence electrons. The van der Waals surface area contributed by atoms with E-state index in [1.807, 2.05) is 25.1 Å². The summed E-state index contributed by atoms with van der Waals surface area (Å²) in [4.78, 5) is 0. The lowest BCUT2D eigenvalue weighted by atomic mass is 10.2. The molecule has 0 spiro atoms. The first-order valence-corrected chi connectivity index (χ1v) is 6.91. The zero-order chi connectivity index (χ0) is 12.8. The normalized spacial score (nSPS) is 19.1. The van der Waals surface area contributed by atoms with E-state index in [-0.39, 0.29) is 0 Å². The van der Waals surface area contributed by atoms with Crippen molar-refractivity contribution in [2.45, 2.75) is 32.4 Å². The van der Waals surface area contributed by atoms with Crippen LogP contribution in [0.1, 0.15) is 25.3 Å². The molecule has 0 saturated carbocycles. The van der Waals surface area contributed by atoms with Crippen molar-refractivity contribution >= 4 is 11.6 Å². The zero-order valence-corrected chi connectivity index (χ0v) is 11.5. The summed E-state index contributed by atoms with van der Waals surface area (Å²) >= 11 is 6.14. The molecule has 4 heteroatoms. The van der Waals surface area contributed by atoms with Gasteiger partial charge in [0, 0.05) is 19.7 Å². The van der Waals surface area contributed by atoms with Crippen LogP contribution in [-0.4, -0.2) is 25.9 Å². The second-order valence-electron chi connectivity index (χ2n) is 4.46. The third-order valence-corrected chi connectivity index (χ3v) is 3.32. The highest BCUT2D eigenvalue weighted by molar-refractivity contribution is 6.32. The average molecular weight is 270 g/mol. The SMILES string of the molecule is CCOc1ccc(CNCC2CCCO2)cc1Cl. The predicted octanol–water partition coefficient (Wildman–Crippen LogP) is 3.01. The Labute approximate surface area is 113 Å². The Balaban J connectivity index is 1.80. The molecule has 1 N–H and O–H groups in total. The van der Waals surface area contributed by atoms with E-state index in [0.717, 1.165) is 31.9 Å². The van der Waals surface area contributed by atoms with Crippen LogP contribution >= 0.6 is 11.6 Å². The Bertz CT molecular complexity index is 378. The van der Waals surface area contributed by atoms with Gasteiger partial charge in [-0.25, -0.2) is 0 Å². The lowest BCUT2D eigenvalue weighted by molar-refractivity contribution is 0.110. The molecule has 1 saturated heterocycles. The lowest BCUT2D eigenvalue weighted by Gasteiger charge is -2.12. The molecule has 3 nitrogen and oxygen atoms in total. The molecule has 18 heavy (non-hydrogen) atoms. The molecule has 1 aromatic carbocycles. The van der Waals surface area contributed by atoms with Gasteiger partial charge < -0.3 is 14.8 Å². The monoisotopic (exact) mass is 269 g/mol. The topological polar surface area (TPSA) is 30.5 Å². The van der Waals surface area contributed by atoms with Gasteiger partial charge in [-0.1, -0.05) is 17.7 Å². The molecule has 1 unspecified atom stereocenters. The Morgan fingerprint density at radius 3 is 3.06 bits per heavy atom. The predicted molar refractivity (Wildman–Crippen MR) is 73.3 cm³/mol. The van der Waals surface area contributed by atoms with E-state index in [0.29, 0.717) is 17.7 Å². The Morgan fingerprint density at radius 2 is 2.39 bits per heavy atom. The highest BCUT2D eigenvalue weighted by Crippen LogP contribution is 2.25. The molecule has 1 aliphatic heterocycles. The fourth-order valence-corrected chi connectivity index (χ4v) is 2.37. The molecule has 0 aliphatic carbocycles. The van der Waals surface area contributed by atoms with Crippen molar-refractivity contribution in [3.05, 3.63) is 28.8 Å². The molecule has 0 radical (unpaired) electrons. The average Bonchev–Trinajstić information content (AvgIpc) is 2.86. The van der Waals surface area contributed by atoms with Crippen LogP contribution in [0.3, 0.4) is 0 Å². The van der Waals surface area contributed by atoms with Crippen LogP contribution in [0.5, 0.6) is 5.75 Å². The molecule has 1 atom stereocenters. The summed E-state index contributed by atoms with van der Waals surface area (Å²) in [5, 5.41) is 4.07. The van der Waals surface area contributed by atoms with Gasteiger partial charge in [0.2, 0.25) is 0 Å². The van der Waals surface area contributed by atoms with Gasteiger partial charge in [-0.15, -0.1) is 0 Å². The van der Waals surface area contributed by atoms with E-state index in [2.05, 4.69) is 5.32 Å². The van der Waals surface area contributed by atoms with Crippen LogP contribution in [0.25, 0.3) is 0 Å². The lowest BCUT2D eigenvalue weighted by Crippen LogP contribution is -2.25. The van der Waals surface area contributed by atoms with Gasteiger partial charge in [-0.3, -0.25) is 0 Å². The van der Waals surface area contributed by atoms with Crippen molar-refractivity contribution in [3.63, 3.8) is 0 Å².